The molecule has 0 aromatic heterocycles. The van der Waals surface area contributed by atoms with Crippen LogP contribution in [-0.2, 0) is 6.32 Å². The molecule has 0 saturated heterocycles. The molecule has 1 heteroatoms. The Hall–Kier alpha value is -0.715. The van der Waals surface area contributed by atoms with Gasteiger partial charge in [0.05, 0.1) is 0 Å². The van der Waals surface area contributed by atoms with Gasteiger partial charge in [-0.2, -0.15) is 0 Å². The first-order valence-electron chi connectivity index (χ1n) is 4.22. The fraction of sp³-hybridized carbons (Fsp3) is 0.400. The van der Waals surface area contributed by atoms with Crippen molar-refractivity contribution in [2.75, 3.05) is 0 Å². The summed E-state index contributed by atoms with van der Waals surface area (Å²) in [7, 11) is 2.21. The van der Waals surface area contributed by atoms with Gasteiger partial charge in [-0.15, -0.1) is 0 Å². The van der Waals surface area contributed by atoms with Crippen LogP contribution >= 0.6 is 0 Å². The van der Waals surface area contributed by atoms with Crippen LogP contribution in [0.3, 0.4) is 0 Å². The van der Waals surface area contributed by atoms with Gasteiger partial charge in [0.1, 0.15) is 7.85 Å². The standard InChI is InChI=1S/C10H15B/c1-7-4-5-10(6-11)9(3)8(7)2/h4-5H,6,11H2,1-3H3. The van der Waals surface area contributed by atoms with Crippen molar-refractivity contribution in [3.8, 4) is 0 Å². The topological polar surface area (TPSA) is 0 Å². The van der Waals surface area contributed by atoms with Gasteiger partial charge in [-0.05, 0) is 37.5 Å². The van der Waals surface area contributed by atoms with E-state index in [2.05, 4.69) is 40.8 Å². The molecule has 11 heavy (non-hydrogen) atoms. The lowest BCUT2D eigenvalue weighted by molar-refractivity contribution is 1.20. The highest BCUT2D eigenvalue weighted by Gasteiger charge is 2.00. The largest absolute Gasteiger partial charge is 0.107 e. The van der Waals surface area contributed by atoms with Gasteiger partial charge in [0, 0.05) is 0 Å². The fourth-order valence-electron chi connectivity index (χ4n) is 1.40. The maximum absolute atomic E-state index is 2.23. The number of benzene rings is 1. The van der Waals surface area contributed by atoms with Crippen molar-refractivity contribution in [2.45, 2.75) is 27.1 Å². The van der Waals surface area contributed by atoms with Crippen molar-refractivity contribution in [2.24, 2.45) is 0 Å². The summed E-state index contributed by atoms with van der Waals surface area (Å²) in [6, 6.07) is 4.44. The van der Waals surface area contributed by atoms with E-state index in [1.807, 2.05) is 0 Å². The predicted molar refractivity (Wildman–Crippen MR) is 52.9 cm³/mol. The first-order chi connectivity index (χ1) is 5.16. The zero-order chi connectivity index (χ0) is 8.43. The molecular formula is C10H15B. The van der Waals surface area contributed by atoms with Crippen LogP contribution in [0.4, 0.5) is 0 Å². The number of hydrogen-bond acceptors (Lipinski definition) is 0. The molecule has 0 N–H and O–H groups in total. The van der Waals surface area contributed by atoms with E-state index < -0.39 is 0 Å². The average Bonchev–Trinajstić information content (AvgIpc) is 2.01. The quantitative estimate of drug-likeness (QED) is 0.529. The van der Waals surface area contributed by atoms with Gasteiger partial charge in [0.25, 0.3) is 0 Å². The first-order valence-corrected chi connectivity index (χ1v) is 4.22. The number of hydrogen-bond donors (Lipinski definition) is 0. The SMILES string of the molecule is BCc1ccc(C)c(C)c1C. The van der Waals surface area contributed by atoms with Gasteiger partial charge >= 0.3 is 0 Å². The van der Waals surface area contributed by atoms with Gasteiger partial charge in [-0.3, -0.25) is 0 Å². The molecule has 0 radical (unpaired) electrons. The molecule has 0 heterocycles. The summed E-state index contributed by atoms with van der Waals surface area (Å²) in [6.07, 6.45) is 1.15. The lowest BCUT2D eigenvalue weighted by Gasteiger charge is -2.08. The van der Waals surface area contributed by atoms with Crippen LogP contribution in [0, 0.1) is 20.8 Å². The maximum atomic E-state index is 2.23. The average molecular weight is 146 g/mol. The lowest BCUT2D eigenvalue weighted by Crippen LogP contribution is -1.94. The second-order valence-electron chi connectivity index (χ2n) is 3.15. The smallest absolute Gasteiger partial charge is 0.0592 e. The highest BCUT2D eigenvalue weighted by molar-refractivity contribution is 6.08. The minimum atomic E-state index is 1.15. The molecule has 1 aromatic carbocycles. The normalized spacial score (nSPS) is 10.1. The van der Waals surface area contributed by atoms with E-state index in [0.29, 0.717) is 0 Å². The van der Waals surface area contributed by atoms with E-state index in [1.165, 1.54) is 22.3 Å². The van der Waals surface area contributed by atoms with Crippen LogP contribution in [0.15, 0.2) is 12.1 Å². The van der Waals surface area contributed by atoms with Crippen molar-refractivity contribution in [1.29, 1.82) is 0 Å². The molecule has 0 unspecified atom stereocenters. The zero-order valence-electron chi connectivity index (χ0n) is 7.86. The van der Waals surface area contributed by atoms with Crippen LogP contribution in [-0.4, -0.2) is 7.85 Å². The molecule has 0 fully saturated rings. The summed E-state index contributed by atoms with van der Waals surface area (Å²) < 4.78 is 0. The molecule has 0 aliphatic carbocycles. The Balaban J connectivity index is 3.25. The molecule has 0 spiro atoms. The van der Waals surface area contributed by atoms with Crippen molar-refractivity contribution in [3.63, 3.8) is 0 Å². The molecular weight excluding hydrogens is 131 g/mol. The third-order valence-corrected chi connectivity index (χ3v) is 2.55. The maximum Gasteiger partial charge on any atom is 0.107 e. The van der Waals surface area contributed by atoms with E-state index in [1.54, 1.807) is 0 Å². The molecule has 58 valence electrons. The van der Waals surface area contributed by atoms with Crippen LogP contribution in [0.25, 0.3) is 0 Å². The Morgan fingerprint density at radius 1 is 1.09 bits per heavy atom. The van der Waals surface area contributed by atoms with Gasteiger partial charge in [0.15, 0.2) is 0 Å². The summed E-state index contributed by atoms with van der Waals surface area (Å²) in [5.74, 6) is 0. The van der Waals surface area contributed by atoms with Crippen molar-refractivity contribution >= 4 is 7.85 Å². The number of rotatable bonds is 1. The van der Waals surface area contributed by atoms with Gasteiger partial charge in [-0.25, -0.2) is 0 Å². The highest BCUT2D eigenvalue weighted by Crippen LogP contribution is 2.16. The molecule has 0 atom stereocenters. The Morgan fingerprint density at radius 2 is 1.73 bits per heavy atom. The fourth-order valence-corrected chi connectivity index (χ4v) is 1.40. The Morgan fingerprint density at radius 3 is 2.27 bits per heavy atom. The van der Waals surface area contributed by atoms with Gasteiger partial charge in [0.2, 0.25) is 0 Å². The van der Waals surface area contributed by atoms with Crippen molar-refractivity contribution in [1.82, 2.24) is 0 Å². The second kappa shape index (κ2) is 3.12. The van der Waals surface area contributed by atoms with Crippen LogP contribution < -0.4 is 0 Å². The van der Waals surface area contributed by atoms with E-state index in [-0.39, 0.29) is 0 Å². The minimum absolute atomic E-state index is 1.15. The molecule has 1 rings (SSSR count). The molecule has 0 saturated carbocycles. The van der Waals surface area contributed by atoms with Crippen LogP contribution in [0.2, 0.25) is 0 Å². The summed E-state index contributed by atoms with van der Waals surface area (Å²) >= 11 is 0. The van der Waals surface area contributed by atoms with E-state index in [0.717, 1.165) is 6.32 Å². The summed E-state index contributed by atoms with van der Waals surface area (Å²) in [4.78, 5) is 0. The Kier molecular flexibility index (Phi) is 2.38. The molecule has 0 aliphatic heterocycles. The van der Waals surface area contributed by atoms with E-state index >= 15 is 0 Å². The predicted octanol–water partition coefficient (Wildman–Crippen LogP) is 1.74. The first kappa shape index (κ1) is 8.38. The monoisotopic (exact) mass is 146 g/mol. The van der Waals surface area contributed by atoms with Crippen molar-refractivity contribution in [3.05, 3.63) is 34.4 Å². The van der Waals surface area contributed by atoms with Crippen LogP contribution in [0.5, 0.6) is 0 Å². The lowest BCUT2D eigenvalue weighted by atomic mass is 9.90. The van der Waals surface area contributed by atoms with E-state index in [9.17, 15) is 0 Å². The summed E-state index contributed by atoms with van der Waals surface area (Å²) in [6.45, 7) is 6.58. The summed E-state index contributed by atoms with van der Waals surface area (Å²) in [5.41, 5.74) is 5.80. The highest BCUT2D eigenvalue weighted by atomic mass is 14.0. The van der Waals surface area contributed by atoms with Crippen molar-refractivity contribution < 1.29 is 0 Å². The molecule has 1 aromatic rings. The molecule has 0 nitrogen and oxygen atoms in total. The molecule has 0 bridgehead atoms. The second-order valence-corrected chi connectivity index (χ2v) is 3.15. The minimum Gasteiger partial charge on any atom is -0.0592 e. The molecule has 0 amide bonds. The Bertz CT molecular complexity index is 264. The zero-order valence-corrected chi connectivity index (χ0v) is 7.86. The van der Waals surface area contributed by atoms with Gasteiger partial charge < -0.3 is 0 Å². The van der Waals surface area contributed by atoms with Gasteiger partial charge in [-0.1, -0.05) is 24.0 Å². The third kappa shape index (κ3) is 1.47. The number of aryl methyl sites for hydroxylation is 1. The van der Waals surface area contributed by atoms with Crippen LogP contribution in [0.1, 0.15) is 22.3 Å². The summed E-state index contributed by atoms with van der Waals surface area (Å²) in [5, 5.41) is 0. The third-order valence-electron chi connectivity index (χ3n) is 2.55. The molecule has 0 aliphatic rings. The Labute approximate surface area is 70.0 Å². The van der Waals surface area contributed by atoms with E-state index in [4.69, 9.17) is 0 Å².